The fourth-order valence-electron chi connectivity index (χ4n) is 2.30. The molecule has 0 radical (unpaired) electrons. The van der Waals surface area contributed by atoms with E-state index < -0.39 is 0 Å². The van der Waals surface area contributed by atoms with Crippen LogP contribution in [0.1, 0.15) is 57.6 Å². The second-order valence-corrected chi connectivity index (χ2v) is 5.16. The van der Waals surface area contributed by atoms with Crippen molar-refractivity contribution in [2.75, 3.05) is 6.54 Å². The van der Waals surface area contributed by atoms with Gasteiger partial charge in [-0.25, -0.2) is 0 Å². The van der Waals surface area contributed by atoms with E-state index in [2.05, 4.69) is 50.4 Å². The molecule has 1 atom stereocenters. The predicted molar refractivity (Wildman–Crippen MR) is 81.1 cm³/mol. The Morgan fingerprint density at radius 2 is 1.50 bits per heavy atom. The van der Waals surface area contributed by atoms with E-state index in [1.54, 1.807) is 0 Å². The fraction of sp³-hybridized carbons (Fsp3) is 0.647. The van der Waals surface area contributed by atoms with Crippen molar-refractivity contribution >= 4 is 0 Å². The van der Waals surface area contributed by atoms with Crippen molar-refractivity contribution in [1.82, 2.24) is 5.32 Å². The van der Waals surface area contributed by atoms with E-state index in [1.165, 1.54) is 49.7 Å². The predicted octanol–water partition coefficient (Wildman–Crippen LogP) is 4.35. The molecular weight excluding hydrogens is 218 g/mol. The molecule has 1 N–H and O–H groups in total. The first-order chi connectivity index (χ1) is 8.80. The molecule has 0 heterocycles. The molecular formula is C17H29N. The average molecular weight is 247 g/mol. The molecule has 0 saturated heterocycles. The molecule has 0 aliphatic heterocycles. The Kier molecular flexibility index (Phi) is 7.75. The first kappa shape index (κ1) is 15.2. The summed E-state index contributed by atoms with van der Waals surface area (Å²) in [5.41, 5.74) is 2.95. The molecule has 0 spiro atoms. The van der Waals surface area contributed by atoms with Crippen LogP contribution in [0.15, 0.2) is 24.3 Å². The Hall–Kier alpha value is -0.820. The minimum atomic E-state index is 0.681. The van der Waals surface area contributed by atoms with Gasteiger partial charge in [0.25, 0.3) is 0 Å². The third kappa shape index (κ3) is 5.68. The van der Waals surface area contributed by atoms with Crippen molar-refractivity contribution < 1.29 is 0 Å². The summed E-state index contributed by atoms with van der Waals surface area (Å²) in [5, 5.41) is 3.62. The molecule has 0 aliphatic carbocycles. The first-order valence-electron chi connectivity index (χ1n) is 7.61. The lowest BCUT2D eigenvalue weighted by Gasteiger charge is -2.16. The van der Waals surface area contributed by atoms with Crippen LogP contribution >= 0.6 is 0 Å². The van der Waals surface area contributed by atoms with Crippen LogP contribution in [0.4, 0.5) is 0 Å². The minimum Gasteiger partial charge on any atom is -0.314 e. The van der Waals surface area contributed by atoms with Crippen molar-refractivity contribution in [1.29, 1.82) is 0 Å². The van der Waals surface area contributed by atoms with Crippen LogP contribution < -0.4 is 5.32 Å². The summed E-state index contributed by atoms with van der Waals surface area (Å²) in [7, 11) is 0. The molecule has 1 aromatic rings. The second kappa shape index (κ2) is 9.16. The van der Waals surface area contributed by atoms with E-state index >= 15 is 0 Å². The highest BCUT2D eigenvalue weighted by Gasteiger charge is 2.05. The molecule has 102 valence electrons. The van der Waals surface area contributed by atoms with Gasteiger partial charge in [0.1, 0.15) is 0 Å². The summed E-state index contributed by atoms with van der Waals surface area (Å²) in [4.78, 5) is 0. The van der Waals surface area contributed by atoms with Gasteiger partial charge in [0, 0.05) is 6.04 Å². The summed E-state index contributed by atoms with van der Waals surface area (Å²) >= 11 is 0. The van der Waals surface area contributed by atoms with Gasteiger partial charge in [-0.05, 0) is 49.8 Å². The first-order valence-corrected chi connectivity index (χ1v) is 7.61. The van der Waals surface area contributed by atoms with E-state index in [-0.39, 0.29) is 0 Å². The maximum Gasteiger partial charge on any atom is 0.00676 e. The second-order valence-electron chi connectivity index (χ2n) is 5.16. The lowest BCUT2D eigenvalue weighted by atomic mass is 10.0. The molecule has 1 aromatic carbocycles. The molecule has 1 heteroatoms. The van der Waals surface area contributed by atoms with E-state index in [9.17, 15) is 0 Å². The molecule has 0 bridgehead atoms. The molecule has 1 nitrogen and oxygen atoms in total. The van der Waals surface area contributed by atoms with Crippen molar-refractivity contribution in [3.63, 3.8) is 0 Å². The van der Waals surface area contributed by atoms with Crippen molar-refractivity contribution in [2.45, 2.75) is 65.3 Å². The Bertz CT molecular complexity index is 302. The highest BCUT2D eigenvalue weighted by molar-refractivity contribution is 5.22. The van der Waals surface area contributed by atoms with Crippen LogP contribution in [0.5, 0.6) is 0 Å². The van der Waals surface area contributed by atoms with Crippen LogP contribution in [-0.4, -0.2) is 12.6 Å². The van der Waals surface area contributed by atoms with Crippen LogP contribution in [0.25, 0.3) is 0 Å². The Morgan fingerprint density at radius 1 is 0.889 bits per heavy atom. The van der Waals surface area contributed by atoms with Gasteiger partial charge < -0.3 is 5.32 Å². The van der Waals surface area contributed by atoms with Gasteiger partial charge in [-0.3, -0.25) is 0 Å². The van der Waals surface area contributed by atoms with Crippen molar-refractivity contribution in [2.24, 2.45) is 0 Å². The van der Waals surface area contributed by atoms with Gasteiger partial charge in [0.2, 0.25) is 0 Å². The SMILES string of the molecule is CCCNC(CC)CCc1ccc(CCC)cc1. The number of rotatable bonds is 9. The Labute approximate surface area is 113 Å². The molecule has 0 aromatic heterocycles. The highest BCUT2D eigenvalue weighted by Crippen LogP contribution is 2.10. The quantitative estimate of drug-likeness (QED) is 0.684. The Balaban J connectivity index is 2.37. The highest BCUT2D eigenvalue weighted by atomic mass is 14.9. The number of hydrogen-bond acceptors (Lipinski definition) is 1. The van der Waals surface area contributed by atoms with E-state index in [4.69, 9.17) is 0 Å². The zero-order valence-corrected chi connectivity index (χ0v) is 12.3. The van der Waals surface area contributed by atoms with Crippen LogP contribution in [-0.2, 0) is 12.8 Å². The lowest BCUT2D eigenvalue weighted by molar-refractivity contribution is 0.468. The summed E-state index contributed by atoms with van der Waals surface area (Å²) in [6.07, 6.45) is 7.34. The monoisotopic (exact) mass is 247 g/mol. The molecule has 0 aliphatic rings. The lowest BCUT2D eigenvalue weighted by Crippen LogP contribution is -2.29. The molecule has 1 unspecified atom stereocenters. The average Bonchev–Trinajstić information content (AvgIpc) is 2.41. The zero-order valence-electron chi connectivity index (χ0n) is 12.3. The van der Waals surface area contributed by atoms with E-state index in [0.29, 0.717) is 6.04 Å². The summed E-state index contributed by atoms with van der Waals surface area (Å²) in [6, 6.07) is 9.87. The van der Waals surface area contributed by atoms with Gasteiger partial charge in [0.15, 0.2) is 0 Å². The number of nitrogens with one attached hydrogen (secondary N) is 1. The molecule has 0 saturated carbocycles. The minimum absolute atomic E-state index is 0.681. The van der Waals surface area contributed by atoms with Crippen LogP contribution in [0.3, 0.4) is 0 Å². The number of aryl methyl sites for hydroxylation is 2. The molecule has 0 amide bonds. The maximum atomic E-state index is 3.62. The standard InChI is InChI=1S/C17H29N/c1-4-7-15-8-10-16(11-9-15)12-13-17(6-3)18-14-5-2/h8-11,17-18H,4-7,12-14H2,1-3H3. The summed E-state index contributed by atoms with van der Waals surface area (Å²) in [5.74, 6) is 0. The Morgan fingerprint density at radius 3 is 2.00 bits per heavy atom. The zero-order chi connectivity index (χ0) is 13.2. The van der Waals surface area contributed by atoms with Crippen LogP contribution in [0, 0.1) is 0 Å². The third-order valence-electron chi connectivity index (χ3n) is 3.52. The molecule has 0 fully saturated rings. The molecule has 1 rings (SSSR count). The van der Waals surface area contributed by atoms with Gasteiger partial charge in [-0.1, -0.05) is 51.5 Å². The van der Waals surface area contributed by atoms with E-state index in [1.807, 2.05) is 0 Å². The largest absolute Gasteiger partial charge is 0.314 e. The normalized spacial score (nSPS) is 12.6. The van der Waals surface area contributed by atoms with Gasteiger partial charge in [-0.2, -0.15) is 0 Å². The van der Waals surface area contributed by atoms with Crippen molar-refractivity contribution in [3.8, 4) is 0 Å². The van der Waals surface area contributed by atoms with Gasteiger partial charge in [0.05, 0.1) is 0 Å². The maximum absolute atomic E-state index is 3.62. The smallest absolute Gasteiger partial charge is 0.00676 e. The topological polar surface area (TPSA) is 12.0 Å². The number of benzene rings is 1. The summed E-state index contributed by atoms with van der Waals surface area (Å²) in [6.45, 7) is 7.89. The summed E-state index contributed by atoms with van der Waals surface area (Å²) < 4.78 is 0. The van der Waals surface area contributed by atoms with Gasteiger partial charge >= 0.3 is 0 Å². The van der Waals surface area contributed by atoms with Gasteiger partial charge in [-0.15, -0.1) is 0 Å². The number of hydrogen-bond donors (Lipinski definition) is 1. The molecule has 18 heavy (non-hydrogen) atoms. The fourth-order valence-corrected chi connectivity index (χ4v) is 2.30. The van der Waals surface area contributed by atoms with E-state index in [0.717, 1.165) is 6.54 Å². The van der Waals surface area contributed by atoms with Crippen molar-refractivity contribution in [3.05, 3.63) is 35.4 Å². The van der Waals surface area contributed by atoms with Crippen LogP contribution in [0.2, 0.25) is 0 Å². The third-order valence-corrected chi connectivity index (χ3v) is 3.52.